The molecule has 1 aliphatic heterocycles. The molecular weight excluding hydrogens is 266 g/mol. The maximum absolute atomic E-state index is 6.23. The Morgan fingerprint density at radius 1 is 1.25 bits per heavy atom. The van der Waals surface area contributed by atoms with Gasteiger partial charge in [0.05, 0.1) is 23.1 Å². The molecule has 0 spiro atoms. The summed E-state index contributed by atoms with van der Waals surface area (Å²) in [5.74, 6) is 1.14. The maximum Gasteiger partial charge on any atom is 0.0745 e. The number of thioether (sulfide) groups is 1. The molecular formula is C16H21N3S. The fraction of sp³-hybridized carbons (Fsp3) is 0.438. The Balaban J connectivity index is 2.03. The summed E-state index contributed by atoms with van der Waals surface area (Å²) in [6, 6.07) is 8.26. The van der Waals surface area contributed by atoms with Gasteiger partial charge in [-0.1, -0.05) is 32.0 Å². The Hall–Kier alpha value is -1.42. The molecule has 0 aliphatic carbocycles. The van der Waals surface area contributed by atoms with Crippen molar-refractivity contribution in [2.75, 3.05) is 29.5 Å². The normalized spacial score (nSPS) is 19.0. The van der Waals surface area contributed by atoms with Crippen LogP contribution in [0.3, 0.4) is 0 Å². The summed E-state index contributed by atoms with van der Waals surface area (Å²) in [6.07, 6.45) is 2.97. The lowest BCUT2D eigenvalue weighted by molar-refractivity contribution is 0.638. The summed E-state index contributed by atoms with van der Waals surface area (Å²) in [7, 11) is 0. The van der Waals surface area contributed by atoms with Crippen molar-refractivity contribution >= 4 is 34.0 Å². The number of anilines is 2. The minimum Gasteiger partial charge on any atom is -0.396 e. The molecule has 0 atom stereocenters. The van der Waals surface area contributed by atoms with Gasteiger partial charge in [-0.15, -0.1) is 0 Å². The van der Waals surface area contributed by atoms with Crippen LogP contribution in [-0.2, 0) is 0 Å². The molecule has 1 aromatic heterocycles. The smallest absolute Gasteiger partial charge is 0.0745 e. The first kappa shape index (κ1) is 13.6. The van der Waals surface area contributed by atoms with Crippen LogP contribution in [0.4, 0.5) is 11.4 Å². The van der Waals surface area contributed by atoms with E-state index in [0.717, 1.165) is 41.1 Å². The van der Waals surface area contributed by atoms with Crippen molar-refractivity contribution < 1.29 is 0 Å². The highest BCUT2D eigenvalue weighted by atomic mass is 32.2. The lowest BCUT2D eigenvalue weighted by atomic mass is 10.1. The molecule has 20 heavy (non-hydrogen) atoms. The minimum absolute atomic E-state index is 0.354. The van der Waals surface area contributed by atoms with E-state index in [1.54, 1.807) is 6.20 Å². The first-order chi connectivity index (χ1) is 9.57. The van der Waals surface area contributed by atoms with Gasteiger partial charge in [0.2, 0.25) is 0 Å². The first-order valence-electron chi connectivity index (χ1n) is 7.09. The molecule has 1 saturated heterocycles. The average molecular weight is 287 g/mol. The average Bonchev–Trinajstić information content (AvgIpc) is 2.60. The maximum atomic E-state index is 6.23. The van der Waals surface area contributed by atoms with Gasteiger partial charge in [-0.3, -0.25) is 4.98 Å². The van der Waals surface area contributed by atoms with Gasteiger partial charge >= 0.3 is 0 Å². The van der Waals surface area contributed by atoms with E-state index in [1.165, 1.54) is 6.42 Å². The summed E-state index contributed by atoms with van der Waals surface area (Å²) in [6.45, 7) is 6.76. The van der Waals surface area contributed by atoms with Crippen molar-refractivity contribution in [3.05, 3.63) is 30.5 Å². The van der Waals surface area contributed by atoms with Gasteiger partial charge in [0.25, 0.3) is 0 Å². The first-order valence-corrected chi connectivity index (χ1v) is 8.07. The van der Waals surface area contributed by atoms with Crippen LogP contribution in [0.25, 0.3) is 10.9 Å². The van der Waals surface area contributed by atoms with E-state index in [4.69, 9.17) is 5.73 Å². The van der Waals surface area contributed by atoms with Crippen LogP contribution in [-0.4, -0.2) is 28.6 Å². The molecule has 106 valence electrons. The van der Waals surface area contributed by atoms with E-state index in [2.05, 4.69) is 53.7 Å². The lowest BCUT2D eigenvalue weighted by Crippen LogP contribution is -2.28. The van der Waals surface area contributed by atoms with Crippen molar-refractivity contribution in [3.8, 4) is 0 Å². The fourth-order valence-corrected chi connectivity index (χ4v) is 3.84. The molecule has 3 rings (SSSR count). The Morgan fingerprint density at radius 2 is 2.05 bits per heavy atom. The SMILES string of the molecule is CC1(C)CCN(c2c(N)cnc3ccccc23)CCS1. The van der Waals surface area contributed by atoms with Crippen LogP contribution in [0.5, 0.6) is 0 Å². The topological polar surface area (TPSA) is 42.1 Å². The number of rotatable bonds is 1. The van der Waals surface area contributed by atoms with E-state index in [0.29, 0.717) is 4.75 Å². The van der Waals surface area contributed by atoms with E-state index >= 15 is 0 Å². The third-order valence-corrected chi connectivity index (χ3v) is 5.30. The summed E-state index contributed by atoms with van der Waals surface area (Å²) < 4.78 is 0.354. The van der Waals surface area contributed by atoms with Gasteiger partial charge in [-0.05, 0) is 12.5 Å². The van der Waals surface area contributed by atoms with E-state index < -0.39 is 0 Å². The fourth-order valence-electron chi connectivity index (χ4n) is 2.74. The predicted molar refractivity (Wildman–Crippen MR) is 89.5 cm³/mol. The number of aromatic nitrogens is 1. The Bertz CT molecular complexity index is 624. The molecule has 0 radical (unpaired) electrons. The molecule has 0 saturated carbocycles. The number of nitrogen functional groups attached to an aromatic ring is 1. The summed E-state index contributed by atoms with van der Waals surface area (Å²) in [5, 5.41) is 1.16. The number of fused-ring (bicyclic) bond motifs is 1. The van der Waals surface area contributed by atoms with Gasteiger partial charge in [0.1, 0.15) is 0 Å². The molecule has 2 heterocycles. The van der Waals surface area contributed by atoms with Crippen molar-refractivity contribution in [2.24, 2.45) is 0 Å². The molecule has 0 unspecified atom stereocenters. The highest BCUT2D eigenvalue weighted by molar-refractivity contribution is 8.00. The van der Waals surface area contributed by atoms with Gasteiger partial charge in [-0.2, -0.15) is 11.8 Å². The van der Waals surface area contributed by atoms with Crippen LogP contribution in [0, 0.1) is 0 Å². The zero-order valence-electron chi connectivity index (χ0n) is 12.1. The Morgan fingerprint density at radius 3 is 2.90 bits per heavy atom. The van der Waals surface area contributed by atoms with Crippen LogP contribution in [0.2, 0.25) is 0 Å². The standard InChI is InChI=1S/C16H21N3S/c1-16(2)7-8-19(9-10-20-16)15-12-5-3-4-6-14(12)18-11-13(15)17/h3-6,11H,7-10,17H2,1-2H3. The van der Waals surface area contributed by atoms with Crippen molar-refractivity contribution in [2.45, 2.75) is 25.0 Å². The Kier molecular flexibility index (Phi) is 3.50. The molecule has 3 nitrogen and oxygen atoms in total. The van der Waals surface area contributed by atoms with Gasteiger partial charge in [-0.25, -0.2) is 0 Å². The van der Waals surface area contributed by atoms with Gasteiger partial charge in [0.15, 0.2) is 0 Å². The zero-order valence-corrected chi connectivity index (χ0v) is 12.9. The highest BCUT2D eigenvalue weighted by Gasteiger charge is 2.25. The number of para-hydroxylation sites is 1. The molecule has 2 aromatic rings. The number of nitrogens with zero attached hydrogens (tertiary/aromatic N) is 2. The number of pyridine rings is 1. The second-order valence-corrected chi connectivity index (χ2v) is 7.73. The van der Waals surface area contributed by atoms with Crippen LogP contribution >= 0.6 is 11.8 Å². The third-order valence-electron chi connectivity index (χ3n) is 3.93. The second kappa shape index (κ2) is 5.17. The van der Waals surface area contributed by atoms with Crippen molar-refractivity contribution in [3.63, 3.8) is 0 Å². The predicted octanol–water partition coefficient (Wildman–Crippen LogP) is 3.54. The number of nitrogens with two attached hydrogens (primary N) is 1. The van der Waals surface area contributed by atoms with Crippen molar-refractivity contribution in [1.29, 1.82) is 0 Å². The molecule has 4 heteroatoms. The van der Waals surface area contributed by atoms with Crippen LogP contribution in [0.1, 0.15) is 20.3 Å². The highest BCUT2D eigenvalue weighted by Crippen LogP contribution is 2.36. The molecule has 1 fully saturated rings. The molecule has 1 aliphatic rings. The second-order valence-electron chi connectivity index (χ2n) is 5.92. The summed E-state index contributed by atoms with van der Waals surface area (Å²) in [4.78, 5) is 6.86. The largest absolute Gasteiger partial charge is 0.396 e. The van der Waals surface area contributed by atoms with Gasteiger partial charge in [0, 0.05) is 29.0 Å². The van der Waals surface area contributed by atoms with Crippen LogP contribution < -0.4 is 10.6 Å². The minimum atomic E-state index is 0.354. The van der Waals surface area contributed by atoms with E-state index in [9.17, 15) is 0 Å². The molecule has 1 aromatic carbocycles. The van der Waals surface area contributed by atoms with Gasteiger partial charge < -0.3 is 10.6 Å². The summed E-state index contributed by atoms with van der Waals surface area (Å²) >= 11 is 2.05. The lowest BCUT2D eigenvalue weighted by Gasteiger charge is -2.26. The number of hydrogen-bond acceptors (Lipinski definition) is 4. The number of benzene rings is 1. The molecule has 2 N–H and O–H groups in total. The number of hydrogen-bond donors (Lipinski definition) is 1. The van der Waals surface area contributed by atoms with Crippen LogP contribution in [0.15, 0.2) is 30.5 Å². The third kappa shape index (κ3) is 2.57. The van der Waals surface area contributed by atoms with E-state index in [1.807, 2.05) is 6.07 Å². The van der Waals surface area contributed by atoms with E-state index in [-0.39, 0.29) is 0 Å². The Labute approximate surface area is 124 Å². The molecule has 0 bridgehead atoms. The monoisotopic (exact) mass is 287 g/mol. The quantitative estimate of drug-likeness (QED) is 0.871. The molecule has 0 amide bonds. The zero-order chi connectivity index (χ0) is 14.2. The summed E-state index contributed by atoms with van der Waals surface area (Å²) in [5.41, 5.74) is 9.19. The van der Waals surface area contributed by atoms with Crippen molar-refractivity contribution in [1.82, 2.24) is 4.98 Å².